The van der Waals surface area contributed by atoms with Crippen LogP contribution in [-0.2, 0) is 4.79 Å². The minimum atomic E-state index is 0.107. The van der Waals surface area contributed by atoms with Crippen molar-refractivity contribution in [1.29, 1.82) is 0 Å². The molecule has 2 fully saturated rings. The molecule has 2 aliphatic rings. The van der Waals surface area contributed by atoms with E-state index in [-0.39, 0.29) is 6.04 Å². The Bertz CT molecular complexity index is 229. The third kappa shape index (κ3) is 2.48. The molecule has 2 rings (SSSR count). The van der Waals surface area contributed by atoms with Gasteiger partial charge in [-0.25, -0.2) is 0 Å². The number of nitrogens with zero attached hydrogens (tertiary/aromatic N) is 1. The Morgan fingerprint density at radius 2 is 2.40 bits per heavy atom. The van der Waals surface area contributed by atoms with Crippen LogP contribution in [0.25, 0.3) is 0 Å². The summed E-state index contributed by atoms with van der Waals surface area (Å²) in [5.74, 6) is 2.71. The summed E-state index contributed by atoms with van der Waals surface area (Å²) in [5.41, 5.74) is 0. The molecule has 1 N–H and O–H groups in total. The molecule has 0 aromatic carbocycles. The largest absolute Gasteiger partial charge is 0.337 e. The first-order chi connectivity index (χ1) is 7.33. The van der Waals surface area contributed by atoms with Gasteiger partial charge >= 0.3 is 0 Å². The highest BCUT2D eigenvalue weighted by Gasteiger charge is 2.36. The molecule has 0 radical (unpaired) electrons. The lowest BCUT2D eigenvalue weighted by atomic mass is 10.2. The molecule has 2 atom stereocenters. The fourth-order valence-corrected chi connectivity index (χ4v) is 3.56. The van der Waals surface area contributed by atoms with Crippen LogP contribution in [0.15, 0.2) is 0 Å². The number of carbonyl (C=O) groups is 1. The van der Waals surface area contributed by atoms with Crippen molar-refractivity contribution in [2.45, 2.75) is 38.3 Å². The van der Waals surface area contributed by atoms with Crippen molar-refractivity contribution in [3.05, 3.63) is 0 Å². The lowest BCUT2D eigenvalue weighted by molar-refractivity contribution is -0.130. The SMILES string of the molecule is CCCNC1CCN(C2CCSC2)C1=O. The molecule has 0 aliphatic carbocycles. The number of hydrogen-bond acceptors (Lipinski definition) is 3. The highest BCUT2D eigenvalue weighted by molar-refractivity contribution is 7.99. The van der Waals surface area contributed by atoms with Crippen molar-refractivity contribution in [2.75, 3.05) is 24.6 Å². The minimum absolute atomic E-state index is 0.107. The maximum atomic E-state index is 12.1. The fourth-order valence-electron chi connectivity index (χ4n) is 2.34. The van der Waals surface area contributed by atoms with E-state index in [0.717, 1.165) is 31.7 Å². The van der Waals surface area contributed by atoms with Crippen molar-refractivity contribution in [2.24, 2.45) is 0 Å². The molecule has 2 saturated heterocycles. The third-order valence-electron chi connectivity index (χ3n) is 3.23. The summed E-state index contributed by atoms with van der Waals surface area (Å²) < 4.78 is 0. The molecule has 0 aromatic rings. The molecule has 0 saturated carbocycles. The summed E-state index contributed by atoms with van der Waals surface area (Å²) in [4.78, 5) is 14.2. The molecule has 86 valence electrons. The Balaban J connectivity index is 1.85. The van der Waals surface area contributed by atoms with E-state index in [1.165, 1.54) is 12.2 Å². The average molecular weight is 228 g/mol. The lowest BCUT2D eigenvalue weighted by Crippen LogP contribution is -2.43. The monoisotopic (exact) mass is 228 g/mol. The van der Waals surface area contributed by atoms with Gasteiger partial charge < -0.3 is 10.2 Å². The summed E-state index contributed by atoms with van der Waals surface area (Å²) in [6.07, 6.45) is 3.29. The van der Waals surface area contributed by atoms with E-state index in [0.29, 0.717) is 11.9 Å². The second-order valence-electron chi connectivity index (χ2n) is 4.34. The maximum absolute atomic E-state index is 12.1. The summed E-state index contributed by atoms with van der Waals surface area (Å²) in [5, 5.41) is 3.34. The van der Waals surface area contributed by atoms with Gasteiger partial charge in [-0.05, 0) is 31.6 Å². The van der Waals surface area contributed by atoms with Gasteiger partial charge in [0.2, 0.25) is 5.91 Å². The highest BCUT2D eigenvalue weighted by Crippen LogP contribution is 2.26. The van der Waals surface area contributed by atoms with Crippen LogP contribution < -0.4 is 5.32 Å². The van der Waals surface area contributed by atoms with Crippen molar-refractivity contribution >= 4 is 17.7 Å². The van der Waals surface area contributed by atoms with Crippen molar-refractivity contribution in [1.82, 2.24) is 10.2 Å². The molecule has 0 spiro atoms. The van der Waals surface area contributed by atoms with Crippen LogP contribution in [0.4, 0.5) is 0 Å². The second kappa shape index (κ2) is 5.21. The standard InChI is InChI=1S/C11H20N2OS/c1-2-5-12-10-3-6-13(11(10)14)9-4-7-15-8-9/h9-10,12H,2-8H2,1H3. The maximum Gasteiger partial charge on any atom is 0.240 e. The minimum Gasteiger partial charge on any atom is -0.337 e. The van der Waals surface area contributed by atoms with Crippen LogP contribution in [0.1, 0.15) is 26.2 Å². The number of likely N-dealkylation sites (tertiary alicyclic amines) is 1. The van der Waals surface area contributed by atoms with Crippen molar-refractivity contribution in [3.63, 3.8) is 0 Å². The van der Waals surface area contributed by atoms with Crippen LogP contribution >= 0.6 is 11.8 Å². The Kier molecular flexibility index (Phi) is 3.92. The number of amides is 1. The van der Waals surface area contributed by atoms with E-state index >= 15 is 0 Å². The summed E-state index contributed by atoms with van der Waals surface area (Å²) in [7, 11) is 0. The van der Waals surface area contributed by atoms with Gasteiger partial charge in [-0.15, -0.1) is 0 Å². The van der Waals surface area contributed by atoms with Crippen LogP contribution in [0, 0.1) is 0 Å². The molecule has 4 heteroatoms. The molecule has 2 aliphatic heterocycles. The first kappa shape index (κ1) is 11.3. The van der Waals surface area contributed by atoms with Crippen LogP contribution in [0.2, 0.25) is 0 Å². The Labute approximate surface area is 96.0 Å². The van der Waals surface area contributed by atoms with E-state index in [2.05, 4.69) is 17.1 Å². The number of rotatable bonds is 4. The van der Waals surface area contributed by atoms with Gasteiger partial charge in [-0.3, -0.25) is 4.79 Å². The lowest BCUT2D eigenvalue weighted by Gasteiger charge is -2.23. The van der Waals surface area contributed by atoms with E-state index in [4.69, 9.17) is 0 Å². The van der Waals surface area contributed by atoms with Crippen LogP contribution in [0.3, 0.4) is 0 Å². The molecule has 1 amide bonds. The zero-order chi connectivity index (χ0) is 10.7. The van der Waals surface area contributed by atoms with Gasteiger partial charge in [-0.1, -0.05) is 6.92 Å². The van der Waals surface area contributed by atoms with Gasteiger partial charge in [0.05, 0.1) is 6.04 Å². The first-order valence-electron chi connectivity index (χ1n) is 5.94. The predicted molar refractivity (Wildman–Crippen MR) is 64.1 cm³/mol. The summed E-state index contributed by atoms with van der Waals surface area (Å²) >= 11 is 1.98. The Morgan fingerprint density at radius 1 is 1.53 bits per heavy atom. The normalized spacial score (nSPS) is 31.5. The van der Waals surface area contributed by atoms with Crippen molar-refractivity contribution in [3.8, 4) is 0 Å². The fraction of sp³-hybridized carbons (Fsp3) is 0.909. The molecule has 2 heterocycles. The van der Waals surface area contributed by atoms with Gasteiger partial charge in [-0.2, -0.15) is 11.8 Å². The topological polar surface area (TPSA) is 32.3 Å². The highest BCUT2D eigenvalue weighted by atomic mass is 32.2. The zero-order valence-electron chi connectivity index (χ0n) is 9.37. The Hall–Kier alpha value is -0.220. The molecule has 15 heavy (non-hydrogen) atoms. The first-order valence-corrected chi connectivity index (χ1v) is 7.10. The Morgan fingerprint density at radius 3 is 3.07 bits per heavy atom. The number of thioether (sulfide) groups is 1. The van der Waals surface area contributed by atoms with Gasteiger partial charge in [0, 0.05) is 18.3 Å². The van der Waals surface area contributed by atoms with Gasteiger partial charge in [0.15, 0.2) is 0 Å². The summed E-state index contributed by atoms with van der Waals surface area (Å²) in [6.45, 7) is 4.06. The molecule has 0 aromatic heterocycles. The van der Waals surface area contributed by atoms with Crippen LogP contribution in [0.5, 0.6) is 0 Å². The third-order valence-corrected chi connectivity index (χ3v) is 4.37. The molecule has 2 unspecified atom stereocenters. The smallest absolute Gasteiger partial charge is 0.240 e. The van der Waals surface area contributed by atoms with Crippen LogP contribution in [-0.4, -0.2) is 47.5 Å². The zero-order valence-corrected chi connectivity index (χ0v) is 10.2. The molecular weight excluding hydrogens is 208 g/mol. The van der Waals surface area contributed by atoms with E-state index in [1.54, 1.807) is 0 Å². The number of nitrogens with one attached hydrogen (secondary N) is 1. The molecular formula is C11H20N2OS. The average Bonchev–Trinajstić information content (AvgIpc) is 2.84. The summed E-state index contributed by atoms with van der Waals surface area (Å²) in [6, 6.07) is 0.631. The van der Waals surface area contributed by atoms with Crippen molar-refractivity contribution < 1.29 is 4.79 Å². The van der Waals surface area contributed by atoms with E-state index in [1.807, 2.05) is 11.8 Å². The number of carbonyl (C=O) groups excluding carboxylic acids is 1. The van der Waals surface area contributed by atoms with Gasteiger partial charge in [0.25, 0.3) is 0 Å². The molecule has 3 nitrogen and oxygen atoms in total. The van der Waals surface area contributed by atoms with E-state index < -0.39 is 0 Å². The van der Waals surface area contributed by atoms with E-state index in [9.17, 15) is 4.79 Å². The van der Waals surface area contributed by atoms with Gasteiger partial charge in [0.1, 0.15) is 0 Å². The molecule has 0 bridgehead atoms. The quantitative estimate of drug-likeness (QED) is 0.782. The number of hydrogen-bond donors (Lipinski definition) is 1. The second-order valence-corrected chi connectivity index (χ2v) is 5.49. The predicted octanol–water partition coefficient (Wildman–Crippen LogP) is 1.09.